The van der Waals surface area contributed by atoms with Gasteiger partial charge >= 0.3 is 5.97 Å². The molecule has 1 heterocycles. The molecule has 6 heteroatoms. The van der Waals surface area contributed by atoms with Crippen LogP contribution in [0.2, 0.25) is 0 Å². The van der Waals surface area contributed by atoms with E-state index in [0.29, 0.717) is 16.8 Å². The van der Waals surface area contributed by atoms with Gasteiger partial charge in [0.1, 0.15) is 11.3 Å². The molecule has 3 rings (SSSR count). The van der Waals surface area contributed by atoms with Crippen molar-refractivity contribution in [2.45, 2.75) is 13.5 Å². The number of hydrogen-bond donors (Lipinski definition) is 0. The van der Waals surface area contributed by atoms with Gasteiger partial charge in [0.15, 0.2) is 0 Å². The summed E-state index contributed by atoms with van der Waals surface area (Å²) in [6.07, 6.45) is 0. The fourth-order valence-corrected chi connectivity index (χ4v) is 2.27. The molecule has 0 saturated heterocycles. The Morgan fingerprint density at radius 1 is 1.24 bits per heavy atom. The number of nitrogens with zero attached hydrogens (tertiary/aromatic N) is 3. The van der Waals surface area contributed by atoms with Crippen molar-refractivity contribution in [3.63, 3.8) is 0 Å². The number of aromatic nitrogens is 3. The molecule has 2 aromatic carbocycles. The van der Waals surface area contributed by atoms with Crippen LogP contribution in [0.3, 0.4) is 0 Å². The number of carbonyl (C=O) groups is 1. The fourth-order valence-electron chi connectivity index (χ4n) is 2.00. The minimum absolute atomic E-state index is 0.412. The number of carbonyl (C=O) groups excluding carboxylic acids is 1. The van der Waals surface area contributed by atoms with Crippen LogP contribution in [0, 0.1) is 0 Å². The molecule has 0 N–H and O–H groups in total. The van der Waals surface area contributed by atoms with Crippen LogP contribution in [0.25, 0.3) is 11.0 Å². The second-order valence-corrected chi connectivity index (χ2v) is 5.37. The van der Waals surface area contributed by atoms with Gasteiger partial charge in [-0.15, -0.1) is 5.10 Å². The SMILES string of the molecule is CCn1nnc2cc(C(=O)Oc3ccc(Br)cc3)ccc21. The first-order chi connectivity index (χ1) is 10.2. The summed E-state index contributed by atoms with van der Waals surface area (Å²) >= 11 is 3.33. The lowest BCUT2D eigenvalue weighted by Gasteiger charge is -2.04. The molecule has 0 aliphatic rings. The number of halogens is 1. The lowest BCUT2D eigenvalue weighted by atomic mass is 10.2. The maximum absolute atomic E-state index is 12.1. The van der Waals surface area contributed by atoms with Gasteiger partial charge in [-0.3, -0.25) is 0 Å². The predicted octanol–water partition coefficient (Wildman–Crippen LogP) is 3.43. The smallest absolute Gasteiger partial charge is 0.343 e. The van der Waals surface area contributed by atoms with E-state index >= 15 is 0 Å². The highest BCUT2D eigenvalue weighted by molar-refractivity contribution is 9.10. The Hall–Kier alpha value is -2.21. The van der Waals surface area contributed by atoms with Crippen molar-refractivity contribution in [2.24, 2.45) is 0 Å². The molecule has 0 amide bonds. The number of ether oxygens (including phenoxy) is 1. The third-order valence-corrected chi connectivity index (χ3v) is 3.60. The molecular weight excluding hydrogens is 334 g/mol. The Kier molecular flexibility index (Phi) is 3.70. The third-order valence-electron chi connectivity index (χ3n) is 3.07. The quantitative estimate of drug-likeness (QED) is 0.539. The number of fused-ring (bicyclic) bond motifs is 1. The lowest BCUT2D eigenvalue weighted by molar-refractivity contribution is 0.0735. The standard InChI is InChI=1S/C15H12BrN3O2/c1-2-19-14-8-3-10(9-13(14)17-18-19)15(20)21-12-6-4-11(16)5-7-12/h3-9H,2H2,1H3. The van der Waals surface area contributed by atoms with Crippen LogP contribution in [0.1, 0.15) is 17.3 Å². The molecule has 0 aliphatic carbocycles. The summed E-state index contributed by atoms with van der Waals surface area (Å²) in [4.78, 5) is 12.1. The molecule has 5 nitrogen and oxygen atoms in total. The molecule has 21 heavy (non-hydrogen) atoms. The molecule has 0 saturated carbocycles. The topological polar surface area (TPSA) is 57.0 Å². The van der Waals surface area contributed by atoms with Crippen molar-refractivity contribution in [2.75, 3.05) is 0 Å². The molecular formula is C15H12BrN3O2. The fraction of sp³-hybridized carbons (Fsp3) is 0.133. The number of hydrogen-bond acceptors (Lipinski definition) is 4. The molecule has 0 unspecified atom stereocenters. The summed E-state index contributed by atoms with van der Waals surface area (Å²) in [5.74, 6) is 0.0887. The van der Waals surface area contributed by atoms with Crippen molar-refractivity contribution in [1.29, 1.82) is 0 Å². The highest BCUT2D eigenvalue weighted by Gasteiger charge is 2.11. The average molecular weight is 346 g/mol. The van der Waals surface area contributed by atoms with Gasteiger partial charge in [-0.05, 0) is 49.4 Å². The highest BCUT2D eigenvalue weighted by atomic mass is 79.9. The van der Waals surface area contributed by atoms with E-state index in [1.54, 1.807) is 28.9 Å². The minimum Gasteiger partial charge on any atom is -0.423 e. The summed E-state index contributed by atoms with van der Waals surface area (Å²) in [6, 6.07) is 12.3. The van der Waals surface area contributed by atoms with Gasteiger partial charge in [-0.1, -0.05) is 21.1 Å². The second-order valence-electron chi connectivity index (χ2n) is 4.45. The van der Waals surface area contributed by atoms with Crippen LogP contribution >= 0.6 is 15.9 Å². The summed E-state index contributed by atoms with van der Waals surface area (Å²) in [6.45, 7) is 2.73. The summed E-state index contributed by atoms with van der Waals surface area (Å²) < 4.78 is 8.03. The molecule has 0 atom stereocenters. The van der Waals surface area contributed by atoms with E-state index in [1.165, 1.54) is 0 Å². The summed E-state index contributed by atoms with van der Waals surface area (Å²) in [5.41, 5.74) is 2.04. The zero-order chi connectivity index (χ0) is 14.8. The van der Waals surface area contributed by atoms with E-state index in [4.69, 9.17) is 4.74 Å². The Bertz CT molecular complexity index is 796. The Labute approximate surface area is 129 Å². The van der Waals surface area contributed by atoms with E-state index < -0.39 is 5.97 Å². The maximum atomic E-state index is 12.1. The van der Waals surface area contributed by atoms with Gasteiger partial charge in [-0.25, -0.2) is 9.48 Å². The van der Waals surface area contributed by atoms with E-state index in [-0.39, 0.29) is 0 Å². The normalized spacial score (nSPS) is 10.8. The van der Waals surface area contributed by atoms with Crippen LogP contribution in [-0.2, 0) is 6.54 Å². The van der Waals surface area contributed by atoms with Crippen molar-refractivity contribution in [3.8, 4) is 5.75 Å². The van der Waals surface area contributed by atoms with Gasteiger partial charge in [0.25, 0.3) is 0 Å². The van der Waals surface area contributed by atoms with Crippen LogP contribution < -0.4 is 4.74 Å². The second kappa shape index (κ2) is 5.65. The van der Waals surface area contributed by atoms with Crippen LogP contribution in [0.15, 0.2) is 46.9 Å². The predicted molar refractivity (Wildman–Crippen MR) is 82.3 cm³/mol. The van der Waals surface area contributed by atoms with E-state index in [1.807, 2.05) is 25.1 Å². The first kappa shape index (κ1) is 13.8. The van der Waals surface area contributed by atoms with E-state index in [0.717, 1.165) is 16.5 Å². The van der Waals surface area contributed by atoms with E-state index in [9.17, 15) is 4.79 Å². The van der Waals surface area contributed by atoms with Crippen molar-refractivity contribution >= 4 is 32.9 Å². The van der Waals surface area contributed by atoms with Gasteiger partial charge in [0.05, 0.1) is 11.1 Å². The van der Waals surface area contributed by atoms with Gasteiger partial charge in [0, 0.05) is 11.0 Å². The Balaban J connectivity index is 1.85. The molecule has 0 radical (unpaired) electrons. The molecule has 3 aromatic rings. The van der Waals surface area contributed by atoms with Crippen LogP contribution in [-0.4, -0.2) is 21.0 Å². The molecule has 106 valence electrons. The minimum atomic E-state index is -0.412. The average Bonchev–Trinajstić information content (AvgIpc) is 2.91. The highest BCUT2D eigenvalue weighted by Crippen LogP contribution is 2.19. The van der Waals surface area contributed by atoms with Crippen molar-refractivity contribution in [1.82, 2.24) is 15.0 Å². The first-order valence-electron chi connectivity index (χ1n) is 6.48. The van der Waals surface area contributed by atoms with Gasteiger partial charge < -0.3 is 4.74 Å². The number of aryl methyl sites for hydroxylation is 1. The number of benzene rings is 2. The van der Waals surface area contributed by atoms with E-state index in [2.05, 4.69) is 26.2 Å². The molecule has 0 bridgehead atoms. The Morgan fingerprint density at radius 2 is 2.00 bits per heavy atom. The largest absolute Gasteiger partial charge is 0.423 e. The van der Waals surface area contributed by atoms with Crippen molar-refractivity contribution in [3.05, 3.63) is 52.5 Å². The molecule has 0 aliphatic heterocycles. The van der Waals surface area contributed by atoms with Crippen molar-refractivity contribution < 1.29 is 9.53 Å². The van der Waals surface area contributed by atoms with Gasteiger partial charge in [-0.2, -0.15) is 0 Å². The molecule has 0 fully saturated rings. The molecule has 0 spiro atoms. The van der Waals surface area contributed by atoms with Crippen LogP contribution in [0.4, 0.5) is 0 Å². The first-order valence-corrected chi connectivity index (χ1v) is 7.27. The molecule has 1 aromatic heterocycles. The lowest BCUT2D eigenvalue weighted by Crippen LogP contribution is -2.08. The number of esters is 1. The zero-order valence-corrected chi connectivity index (χ0v) is 12.9. The van der Waals surface area contributed by atoms with Gasteiger partial charge in [0.2, 0.25) is 0 Å². The maximum Gasteiger partial charge on any atom is 0.343 e. The summed E-state index contributed by atoms with van der Waals surface area (Å²) in [7, 11) is 0. The zero-order valence-electron chi connectivity index (χ0n) is 11.3. The summed E-state index contributed by atoms with van der Waals surface area (Å²) in [5, 5.41) is 8.07. The monoisotopic (exact) mass is 345 g/mol. The van der Waals surface area contributed by atoms with Crippen LogP contribution in [0.5, 0.6) is 5.75 Å². The number of rotatable bonds is 3. The third kappa shape index (κ3) is 2.80. The Morgan fingerprint density at radius 3 is 2.71 bits per heavy atom.